The maximum Gasteiger partial charge on any atom is 0.119 e. The standard InChI is InChI=1S/C14H20O2/c1-2-11-4-3-5-14(10-11)16-13-8-6-12(15)7-9-13/h6-9,11,14-15H,2-5,10H2,1H3. The van der Waals surface area contributed by atoms with E-state index >= 15 is 0 Å². The van der Waals surface area contributed by atoms with Crippen molar-refractivity contribution in [2.75, 3.05) is 0 Å². The first kappa shape index (κ1) is 11.3. The van der Waals surface area contributed by atoms with Crippen molar-refractivity contribution >= 4 is 0 Å². The highest BCUT2D eigenvalue weighted by Crippen LogP contribution is 2.29. The molecule has 0 aliphatic heterocycles. The van der Waals surface area contributed by atoms with Gasteiger partial charge in [0, 0.05) is 0 Å². The number of aromatic hydroxyl groups is 1. The van der Waals surface area contributed by atoms with Crippen LogP contribution in [0.1, 0.15) is 39.0 Å². The van der Waals surface area contributed by atoms with Crippen LogP contribution >= 0.6 is 0 Å². The van der Waals surface area contributed by atoms with E-state index in [1.54, 1.807) is 12.1 Å². The van der Waals surface area contributed by atoms with E-state index < -0.39 is 0 Å². The fraction of sp³-hybridized carbons (Fsp3) is 0.571. The molecular formula is C14H20O2. The van der Waals surface area contributed by atoms with Crippen molar-refractivity contribution in [2.24, 2.45) is 5.92 Å². The summed E-state index contributed by atoms with van der Waals surface area (Å²) in [5.74, 6) is 2.00. The summed E-state index contributed by atoms with van der Waals surface area (Å²) in [6, 6.07) is 7.03. The van der Waals surface area contributed by atoms with Gasteiger partial charge in [-0.3, -0.25) is 0 Å². The van der Waals surface area contributed by atoms with Crippen LogP contribution in [0.15, 0.2) is 24.3 Å². The Hall–Kier alpha value is -1.18. The summed E-state index contributed by atoms with van der Waals surface area (Å²) in [7, 11) is 0. The van der Waals surface area contributed by atoms with Crippen molar-refractivity contribution in [3.63, 3.8) is 0 Å². The largest absolute Gasteiger partial charge is 0.508 e. The number of hydrogen-bond acceptors (Lipinski definition) is 2. The van der Waals surface area contributed by atoms with Crippen molar-refractivity contribution in [3.8, 4) is 11.5 Å². The molecular weight excluding hydrogens is 200 g/mol. The molecule has 1 aromatic carbocycles. The molecule has 2 atom stereocenters. The molecule has 1 aliphatic carbocycles. The Morgan fingerprint density at radius 2 is 2.00 bits per heavy atom. The van der Waals surface area contributed by atoms with E-state index in [9.17, 15) is 5.11 Å². The number of benzene rings is 1. The van der Waals surface area contributed by atoms with E-state index in [0.717, 1.165) is 18.1 Å². The Kier molecular flexibility index (Phi) is 3.70. The Labute approximate surface area is 97.3 Å². The minimum atomic E-state index is 0.294. The Bertz CT molecular complexity index is 318. The van der Waals surface area contributed by atoms with Crippen LogP contribution in [-0.4, -0.2) is 11.2 Å². The lowest BCUT2D eigenvalue weighted by Crippen LogP contribution is -2.25. The average Bonchev–Trinajstić information content (AvgIpc) is 2.32. The molecule has 0 amide bonds. The van der Waals surface area contributed by atoms with Gasteiger partial charge in [0.2, 0.25) is 0 Å². The van der Waals surface area contributed by atoms with Gasteiger partial charge in [0.05, 0.1) is 6.10 Å². The van der Waals surface area contributed by atoms with Crippen LogP contribution in [0.4, 0.5) is 0 Å². The summed E-state index contributed by atoms with van der Waals surface area (Å²) in [6.07, 6.45) is 6.60. The van der Waals surface area contributed by atoms with E-state index in [4.69, 9.17) is 4.74 Å². The summed E-state index contributed by atoms with van der Waals surface area (Å²) in [5, 5.41) is 9.19. The maximum atomic E-state index is 9.19. The van der Waals surface area contributed by atoms with E-state index in [2.05, 4.69) is 6.92 Å². The highest BCUT2D eigenvalue weighted by Gasteiger charge is 2.21. The lowest BCUT2D eigenvalue weighted by Gasteiger charge is -2.28. The van der Waals surface area contributed by atoms with Gasteiger partial charge in [-0.25, -0.2) is 0 Å². The topological polar surface area (TPSA) is 29.5 Å². The van der Waals surface area contributed by atoms with Crippen LogP contribution < -0.4 is 4.74 Å². The first-order chi connectivity index (χ1) is 7.78. The first-order valence-electron chi connectivity index (χ1n) is 6.23. The lowest BCUT2D eigenvalue weighted by molar-refractivity contribution is 0.122. The zero-order valence-electron chi connectivity index (χ0n) is 9.86. The fourth-order valence-corrected chi connectivity index (χ4v) is 2.44. The van der Waals surface area contributed by atoms with Crippen LogP contribution in [0, 0.1) is 5.92 Å². The second-order valence-corrected chi connectivity index (χ2v) is 4.67. The molecule has 0 heterocycles. The van der Waals surface area contributed by atoms with E-state index in [-0.39, 0.29) is 0 Å². The van der Waals surface area contributed by atoms with E-state index in [1.807, 2.05) is 12.1 Å². The van der Waals surface area contributed by atoms with Gasteiger partial charge in [-0.05, 0) is 49.4 Å². The molecule has 0 spiro atoms. The average molecular weight is 220 g/mol. The minimum absolute atomic E-state index is 0.294. The number of rotatable bonds is 3. The second kappa shape index (κ2) is 5.24. The Morgan fingerprint density at radius 3 is 2.69 bits per heavy atom. The Balaban J connectivity index is 1.91. The van der Waals surface area contributed by atoms with Crippen LogP contribution in [-0.2, 0) is 0 Å². The third-order valence-electron chi connectivity index (χ3n) is 3.45. The van der Waals surface area contributed by atoms with Crippen LogP contribution in [0.5, 0.6) is 11.5 Å². The quantitative estimate of drug-likeness (QED) is 0.840. The van der Waals surface area contributed by atoms with Crippen molar-refractivity contribution < 1.29 is 9.84 Å². The van der Waals surface area contributed by atoms with Gasteiger partial charge in [-0.2, -0.15) is 0 Å². The maximum absolute atomic E-state index is 9.19. The normalized spacial score (nSPS) is 25.3. The van der Waals surface area contributed by atoms with E-state index in [1.165, 1.54) is 25.7 Å². The molecule has 1 aromatic rings. The monoisotopic (exact) mass is 220 g/mol. The predicted octanol–water partition coefficient (Wildman–Crippen LogP) is 3.74. The summed E-state index contributed by atoms with van der Waals surface area (Å²) < 4.78 is 5.93. The van der Waals surface area contributed by atoms with Gasteiger partial charge in [-0.1, -0.05) is 19.8 Å². The van der Waals surface area contributed by atoms with Gasteiger partial charge in [-0.15, -0.1) is 0 Å². The predicted molar refractivity (Wildman–Crippen MR) is 64.8 cm³/mol. The van der Waals surface area contributed by atoms with Gasteiger partial charge in [0.25, 0.3) is 0 Å². The molecule has 1 saturated carbocycles. The molecule has 2 rings (SSSR count). The zero-order valence-corrected chi connectivity index (χ0v) is 9.86. The highest BCUT2D eigenvalue weighted by molar-refractivity contribution is 5.30. The minimum Gasteiger partial charge on any atom is -0.508 e. The van der Waals surface area contributed by atoms with Crippen molar-refractivity contribution in [1.29, 1.82) is 0 Å². The lowest BCUT2D eigenvalue weighted by atomic mass is 9.85. The molecule has 0 radical (unpaired) electrons. The van der Waals surface area contributed by atoms with Crippen molar-refractivity contribution in [3.05, 3.63) is 24.3 Å². The van der Waals surface area contributed by atoms with Crippen molar-refractivity contribution in [1.82, 2.24) is 0 Å². The van der Waals surface area contributed by atoms with Gasteiger partial charge >= 0.3 is 0 Å². The molecule has 1 fully saturated rings. The number of ether oxygens (including phenoxy) is 1. The molecule has 2 unspecified atom stereocenters. The SMILES string of the molecule is CCC1CCCC(Oc2ccc(O)cc2)C1. The third kappa shape index (κ3) is 2.91. The van der Waals surface area contributed by atoms with E-state index in [0.29, 0.717) is 11.9 Å². The van der Waals surface area contributed by atoms with Gasteiger partial charge < -0.3 is 9.84 Å². The summed E-state index contributed by atoms with van der Waals surface area (Å²) in [5.41, 5.74) is 0. The first-order valence-corrected chi connectivity index (χ1v) is 6.23. The zero-order chi connectivity index (χ0) is 11.4. The van der Waals surface area contributed by atoms with Gasteiger partial charge in [0.1, 0.15) is 11.5 Å². The summed E-state index contributed by atoms with van der Waals surface area (Å²) >= 11 is 0. The van der Waals surface area contributed by atoms with Crippen LogP contribution in [0.25, 0.3) is 0 Å². The smallest absolute Gasteiger partial charge is 0.119 e. The molecule has 1 aliphatic rings. The molecule has 0 saturated heterocycles. The Morgan fingerprint density at radius 1 is 1.25 bits per heavy atom. The van der Waals surface area contributed by atoms with Crippen LogP contribution in [0.2, 0.25) is 0 Å². The summed E-state index contributed by atoms with van der Waals surface area (Å²) in [4.78, 5) is 0. The molecule has 0 aromatic heterocycles. The number of phenolic OH excluding ortho intramolecular Hbond substituents is 1. The number of hydrogen-bond donors (Lipinski definition) is 1. The number of phenols is 1. The molecule has 16 heavy (non-hydrogen) atoms. The molecule has 88 valence electrons. The fourth-order valence-electron chi connectivity index (χ4n) is 2.44. The molecule has 0 bridgehead atoms. The van der Waals surface area contributed by atoms with Crippen molar-refractivity contribution in [2.45, 2.75) is 45.1 Å². The molecule has 2 heteroatoms. The molecule has 2 nitrogen and oxygen atoms in total. The van der Waals surface area contributed by atoms with Crippen LogP contribution in [0.3, 0.4) is 0 Å². The second-order valence-electron chi connectivity index (χ2n) is 4.67. The molecule has 1 N–H and O–H groups in total. The van der Waals surface area contributed by atoms with Gasteiger partial charge in [0.15, 0.2) is 0 Å². The summed E-state index contributed by atoms with van der Waals surface area (Å²) in [6.45, 7) is 2.26. The third-order valence-corrected chi connectivity index (χ3v) is 3.45. The highest BCUT2D eigenvalue weighted by atomic mass is 16.5.